The molecular weight excluding hydrogens is 366 g/mol. The molecule has 0 aromatic heterocycles. The van der Waals surface area contributed by atoms with Crippen LogP contribution in [0.4, 0.5) is 0 Å². The van der Waals surface area contributed by atoms with Crippen LogP contribution in [0.2, 0.25) is 0 Å². The Morgan fingerprint density at radius 2 is 1.86 bits per heavy atom. The summed E-state index contributed by atoms with van der Waals surface area (Å²) in [7, 11) is 1.95. The van der Waals surface area contributed by atoms with Gasteiger partial charge in [0.1, 0.15) is 12.4 Å². The molecule has 2 aromatic rings. The summed E-state index contributed by atoms with van der Waals surface area (Å²) in [6.07, 6.45) is 0. The van der Waals surface area contributed by atoms with Crippen LogP contribution in [0.25, 0.3) is 0 Å². The van der Waals surface area contributed by atoms with Crippen molar-refractivity contribution in [3.8, 4) is 5.75 Å². The minimum atomic E-state index is 0.0158. The van der Waals surface area contributed by atoms with Crippen LogP contribution >= 0.6 is 0 Å². The Hall–Kier alpha value is -2.41. The normalized spacial score (nSPS) is 14.7. The van der Waals surface area contributed by atoms with Crippen molar-refractivity contribution in [1.29, 1.82) is 0 Å². The first kappa shape index (κ1) is 21.3. The third-order valence-electron chi connectivity index (χ3n) is 4.88. The molecule has 1 fully saturated rings. The molecule has 6 nitrogen and oxygen atoms in total. The Bertz CT molecular complexity index is 748. The molecule has 1 amide bonds. The quantitative estimate of drug-likeness (QED) is 0.666. The number of rotatable bonds is 10. The number of nitrogens with zero attached hydrogens (tertiary/aromatic N) is 2. The van der Waals surface area contributed by atoms with Gasteiger partial charge >= 0.3 is 0 Å². The largest absolute Gasteiger partial charge is 0.492 e. The van der Waals surface area contributed by atoms with Gasteiger partial charge in [0.2, 0.25) is 5.91 Å². The fourth-order valence-electron chi connectivity index (χ4n) is 3.32. The highest BCUT2D eigenvalue weighted by Gasteiger charge is 2.10. The van der Waals surface area contributed by atoms with E-state index >= 15 is 0 Å². The highest BCUT2D eigenvalue weighted by atomic mass is 16.5. The zero-order valence-electron chi connectivity index (χ0n) is 17.2. The van der Waals surface area contributed by atoms with Crippen molar-refractivity contribution < 1.29 is 14.3 Å². The smallest absolute Gasteiger partial charge is 0.234 e. The number of likely N-dealkylation sites (N-methyl/N-ethyl adjacent to an activating group) is 1. The van der Waals surface area contributed by atoms with Gasteiger partial charge in [0, 0.05) is 32.7 Å². The topological polar surface area (TPSA) is 54.0 Å². The average Bonchev–Trinajstić information content (AvgIpc) is 2.74. The van der Waals surface area contributed by atoms with E-state index in [9.17, 15) is 4.79 Å². The van der Waals surface area contributed by atoms with Crippen molar-refractivity contribution >= 4 is 5.91 Å². The summed E-state index contributed by atoms with van der Waals surface area (Å²) in [5, 5.41) is 2.99. The van der Waals surface area contributed by atoms with Crippen molar-refractivity contribution in [1.82, 2.24) is 15.1 Å². The summed E-state index contributed by atoms with van der Waals surface area (Å²) in [4.78, 5) is 16.6. The Morgan fingerprint density at radius 1 is 1.10 bits per heavy atom. The number of hydrogen-bond donors (Lipinski definition) is 1. The molecule has 1 N–H and O–H groups in total. The summed E-state index contributed by atoms with van der Waals surface area (Å²) in [5.41, 5.74) is 2.23. The summed E-state index contributed by atoms with van der Waals surface area (Å²) in [6, 6.07) is 18.1. The van der Waals surface area contributed by atoms with E-state index in [1.54, 1.807) is 0 Å². The van der Waals surface area contributed by atoms with E-state index < -0.39 is 0 Å². The summed E-state index contributed by atoms with van der Waals surface area (Å²) in [6.45, 7) is 6.70. The highest BCUT2D eigenvalue weighted by molar-refractivity contribution is 5.77. The Morgan fingerprint density at radius 3 is 2.66 bits per heavy atom. The minimum absolute atomic E-state index is 0.0158. The second-order valence-electron chi connectivity index (χ2n) is 7.38. The van der Waals surface area contributed by atoms with Gasteiger partial charge in [-0.05, 0) is 30.3 Å². The molecule has 156 valence electrons. The van der Waals surface area contributed by atoms with Crippen molar-refractivity contribution in [2.75, 3.05) is 53.0 Å². The lowest BCUT2D eigenvalue weighted by Gasteiger charge is -2.26. The summed E-state index contributed by atoms with van der Waals surface area (Å²) < 4.78 is 11.2. The first-order chi connectivity index (χ1) is 14.2. The van der Waals surface area contributed by atoms with Crippen LogP contribution in [0.15, 0.2) is 54.6 Å². The molecule has 1 aliphatic rings. The molecule has 0 atom stereocenters. The number of carbonyl (C=O) groups excluding carboxylic acids is 1. The molecule has 0 radical (unpaired) electrons. The van der Waals surface area contributed by atoms with E-state index in [0.29, 0.717) is 19.7 Å². The molecule has 6 heteroatoms. The maximum absolute atomic E-state index is 12.2. The molecular formula is C23H31N3O3. The standard InChI is InChI=1S/C23H31N3O3/c1-25(18-20-6-3-2-4-7-20)19-23(27)24-17-21-8-5-9-22(16-21)29-15-12-26-10-13-28-14-11-26/h2-9,16H,10-15,17-19H2,1H3,(H,24,27). The number of hydrogen-bond acceptors (Lipinski definition) is 5. The number of ether oxygens (including phenoxy) is 2. The molecule has 0 saturated carbocycles. The molecule has 0 aliphatic carbocycles. The lowest BCUT2D eigenvalue weighted by Crippen LogP contribution is -2.38. The Kier molecular flexibility index (Phi) is 8.49. The van der Waals surface area contributed by atoms with Gasteiger partial charge in [0.25, 0.3) is 0 Å². The van der Waals surface area contributed by atoms with Gasteiger partial charge in [-0.15, -0.1) is 0 Å². The van der Waals surface area contributed by atoms with E-state index in [1.807, 2.05) is 54.4 Å². The fourth-order valence-corrected chi connectivity index (χ4v) is 3.32. The number of benzene rings is 2. The number of carbonyl (C=O) groups is 1. The van der Waals surface area contributed by atoms with Gasteiger partial charge < -0.3 is 14.8 Å². The van der Waals surface area contributed by atoms with E-state index in [-0.39, 0.29) is 5.91 Å². The molecule has 1 saturated heterocycles. The Labute approximate surface area is 173 Å². The van der Waals surface area contributed by atoms with Gasteiger partial charge in [-0.1, -0.05) is 42.5 Å². The van der Waals surface area contributed by atoms with Gasteiger partial charge in [-0.2, -0.15) is 0 Å². The van der Waals surface area contributed by atoms with Gasteiger partial charge in [0.15, 0.2) is 0 Å². The molecule has 2 aromatic carbocycles. The van der Waals surface area contributed by atoms with Crippen molar-refractivity contribution in [3.63, 3.8) is 0 Å². The lowest BCUT2D eigenvalue weighted by atomic mass is 10.2. The average molecular weight is 398 g/mol. The second kappa shape index (κ2) is 11.6. The first-order valence-corrected chi connectivity index (χ1v) is 10.2. The highest BCUT2D eigenvalue weighted by Crippen LogP contribution is 2.13. The number of nitrogens with one attached hydrogen (secondary N) is 1. The zero-order valence-corrected chi connectivity index (χ0v) is 17.2. The molecule has 1 heterocycles. The van der Waals surface area contributed by atoms with Crippen molar-refractivity contribution in [3.05, 3.63) is 65.7 Å². The Balaban J connectivity index is 1.37. The van der Waals surface area contributed by atoms with Crippen molar-refractivity contribution in [2.24, 2.45) is 0 Å². The molecule has 0 bridgehead atoms. The molecule has 0 spiro atoms. The van der Waals surface area contributed by atoms with E-state index in [1.165, 1.54) is 5.56 Å². The predicted molar refractivity (Wildman–Crippen MR) is 114 cm³/mol. The third kappa shape index (κ3) is 7.85. The van der Waals surface area contributed by atoms with Crippen LogP contribution in [0.3, 0.4) is 0 Å². The van der Waals surface area contributed by atoms with Crippen LogP contribution in [0.1, 0.15) is 11.1 Å². The summed E-state index contributed by atoms with van der Waals surface area (Å²) >= 11 is 0. The van der Waals surface area contributed by atoms with Crippen LogP contribution < -0.4 is 10.1 Å². The van der Waals surface area contributed by atoms with E-state index in [0.717, 1.165) is 50.7 Å². The predicted octanol–water partition coefficient (Wildman–Crippen LogP) is 2.15. The van der Waals surface area contributed by atoms with Crippen LogP contribution in [0, 0.1) is 0 Å². The van der Waals surface area contributed by atoms with Crippen LogP contribution in [-0.4, -0.2) is 68.8 Å². The minimum Gasteiger partial charge on any atom is -0.492 e. The molecule has 29 heavy (non-hydrogen) atoms. The third-order valence-corrected chi connectivity index (χ3v) is 4.88. The second-order valence-corrected chi connectivity index (χ2v) is 7.38. The van der Waals surface area contributed by atoms with Crippen LogP contribution in [-0.2, 0) is 22.6 Å². The van der Waals surface area contributed by atoms with E-state index in [2.05, 4.69) is 22.3 Å². The van der Waals surface area contributed by atoms with Crippen LogP contribution in [0.5, 0.6) is 5.75 Å². The maximum Gasteiger partial charge on any atom is 0.234 e. The fraction of sp³-hybridized carbons (Fsp3) is 0.435. The van der Waals surface area contributed by atoms with Gasteiger partial charge in [0.05, 0.1) is 19.8 Å². The van der Waals surface area contributed by atoms with Gasteiger partial charge in [-0.25, -0.2) is 0 Å². The van der Waals surface area contributed by atoms with Gasteiger partial charge in [-0.3, -0.25) is 14.6 Å². The number of morpholine rings is 1. The molecule has 3 rings (SSSR count). The zero-order chi connectivity index (χ0) is 20.3. The lowest BCUT2D eigenvalue weighted by molar-refractivity contribution is -0.122. The van der Waals surface area contributed by atoms with Crippen molar-refractivity contribution in [2.45, 2.75) is 13.1 Å². The maximum atomic E-state index is 12.2. The van der Waals surface area contributed by atoms with E-state index in [4.69, 9.17) is 9.47 Å². The molecule has 0 unspecified atom stereocenters. The SMILES string of the molecule is CN(CC(=O)NCc1cccc(OCCN2CCOCC2)c1)Cc1ccccc1. The monoisotopic (exact) mass is 397 g/mol. The molecule has 1 aliphatic heterocycles. The number of amides is 1. The summed E-state index contributed by atoms with van der Waals surface area (Å²) in [5.74, 6) is 0.855. The first-order valence-electron chi connectivity index (χ1n) is 10.2.